The van der Waals surface area contributed by atoms with Gasteiger partial charge in [0.15, 0.2) is 5.58 Å². The van der Waals surface area contributed by atoms with Crippen molar-refractivity contribution in [2.75, 3.05) is 12.4 Å². The molecule has 0 spiro atoms. The largest absolute Gasteiger partial charge is 0.493 e. The van der Waals surface area contributed by atoms with Crippen LogP contribution in [0.3, 0.4) is 0 Å². The van der Waals surface area contributed by atoms with Gasteiger partial charge >= 0.3 is 0 Å². The summed E-state index contributed by atoms with van der Waals surface area (Å²) in [5.41, 5.74) is 7.21. The van der Waals surface area contributed by atoms with Crippen LogP contribution in [0.15, 0.2) is 58.2 Å². The first kappa shape index (κ1) is 18.8. The van der Waals surface area contributed by atoms with Crippen molar-refractivity contribution in [3.8, 4) is 5.75 Å². The molecule has 0 unspecified atom stereocenters. The summed E-state index contributed by atoms with van der Waals surface area (Å²) in [5, 5.41) is 0.407. The van der Waals surface area contributed by atoms with Crippen LogP contribution < -0.4 is 15.6 Å². The van der Waals surface area contributed by atoms with E-state index in [4.69, 9.17) is 9.15 Å². The highest BCUT2D eigenvalue weighted by atomic mass is 32.2. The Morgan fingerprint density at radius 3 is 2.74 bits per heavy atom. The fraction of sp³-hybridized carbons (Fsp3) is 0.211. The molecule has 0 saturated heterocycles. The van der Waals surface area contributed by atoms with Gasteiger partial charge in [0.05, 0.1) is 18.8 Å². The lowest BCUT2D eigenvalue weighted by atomic mass is 10.2. The Labute approximate surface area is 160 Å². The molecule has 8 heteroatoms. The number of carbonyl (C=O) groups is 2. The second kappa shape index (κ2) is 9.09. The normalized spacial score (nSPS) is 10.6. The van der Waals surface area contributed by atoms with Crippen molar-refractivity contribution < 1.29 is 18.7 Å². The van der Waals surface area contributed by atoms with Gasteiger partial charge in [0, 0.05) is 0 Å². The van der Waals surface area contributed by atoms with Crippen molar-refractivity contribution in [1.29, 1.82) is 0 Å². The molecule has 0 aliphatic carbocycles. The first-order valence-corrected chi connectivity index (χ1v) is 9.34. The average molecular weight is 385 g/mol. The number of oxazole rings is 1. The van der Waals surface area contributed by atoms with Crippen LogP contribution in [0.4, 0.5) is 0 Å². The van der Waals surface area contributed by atoms with Crippen molar-refractivity contribution in [3.05, 3.63) is 54.1 Å². The van der Waals surface area contributed by atoms with Crippen molar-refractivity contribution in [2.24, 2.45) is 0 Å². The molecule has 7 nitrogen and oxygen atoms in total. The molecule has 0 fully saturated rings. The second-order valence-corrected chi connectivity index (χ2v) is 6.67. The smallest absolute Gasteiger partial charge is 0.257 e. The zero-order valence-corrected chi connectivity index (χ0v) is 15.5. The number of rotatable bonds is 7. The van der Waals surface area contributed by atoms with Crippen molar-refractivity contribution in [2.45, 2.75) is 18.6 Å². The van der Waals surface area contributed by atoms with Gasteiger partial charge in [-0.1, -0.05) is 36.0 Å². The predicted molar refractivity (Wildman–Crippen MR) is 102 cm³/mol. The van der Waals surface area contributed by atoms with E-state index in [2.05, 4.69) is 15.8 Å². The standard InChI is InChI=1S/C19H19N3O4S/c1-13-5-4-6-14(11-13)25-10-9-17(23)21-22-18(24)12-27-19-20-15-7-2-3-8-16(15)26-19/h2-8,11H,9-10,12H2,1H3,(H,21,23)(H,22,24). The third-order valence-corrected chi connectivity index (χ3v) is 4.36. The number of hydrogen-bond acceptors (Lipinski definition) is 6. The molecule has 2 N–H and O–H groups in total. The minimum absolute atomic E-state index is 0.0763. The average Bonchev–Trinajstić information content (AvgIpc) is 3.08. The summed E-state index contributed by atoms with van der Waals surface area (Å²) in [6.45, 7) is 2.19. The Morgan fingerprint density at radius 2 is 1.93 bits per heavy atom. The Balaban J connectivity index is 1.34. The number of aryl methyl sites for hydroxylation is 1. The van der Waals surface area contributed by atoms with E-state index in [1.807, 2.05) is 55.5 Å². The number of benzene rings is 2. The number of hydrazine groups is 1. The lowest BCUT2D eigenvalue weighted by molar-refractivity contribution is -0.127. The van der Waals surface area contributed by atoms with Gasteiger partial charge in [0.2, 0.25) is 11.8 Å². The number of para-hydroxylation sites is 2. The SMILES string of the molecule is Cc1cccc(OCCC(=O)NNC(=O)CSc2nc3ccccc3o2)c1. The van der Waals surface area contributed by atoms with Crippen LogP contribution in [0.5, 0.6) is 5.75 Å². The Bertz CT molecular complexity index is 908. The summed E-state index contributed by atoms with van der Waals surface area (Å²) in [4.78, 5) is 27.8. The fourth-order valence-electron chi connectivity index (χ4n) is 2.24. The number of nitrogens with one attached hydrogen (secondary N) is 2. The van der Waals surface area contributed by atoms with Gasteiger partial charge in [0.25, 0.3) is 5.22 Å². The molecule has 2 amide bonds. The molecule has 0 aliphatic heterocycles. The topological polar surface area (TPSA) is 93.5 Å². The van der Waals surface area contributed by atoms with Gasteiger partial charge in [-0.3, -0.25) is 20.4 Å². The lowest BCUT2D eigenvalue weighted by Crippen LogP contribution is -2.42. The van der Waals surface area contributed by atoms with E-state index < -0.39 is 0 Å². The van der Waals surface area contributed by atoms with Crippen LogP contribution in [0.25, 0.3) is 11.1 Å². The molecule has 3 rings (SSSR count). The van der Waals surface area contributed by atoms with Crippen LogP contribution in [-0.2, 0) is 9.59 Å². The number of hydrogen-bond donors (Lipinski definition) is 2. The summed E-state index contributed by atoms with van der Waals surface area (Å²) in [5.74, 6) is 0.104. The van der Waals surface area contributed by atoms with Crippen LogP contribution >= 0.6 is 11.8 Å². The number of thioether (sulfide) groups is 1. The van der Waals surface area contributed by atoms with Gasteiger partial charge in [-0.2, -0.15) is 0 Å². The molecule has 0 atom stereocenters. The zero-order chi connectivity index (χ0) is 19.1. The maximum absolute atomic E-state index is 11.8. The predicted octanol–water partition coefficient (Wildman–Crippen LogP) is 2.84. The van der Waals surface area contributed by atoms with E-state index in [1.165, 1.54) is 0 Å². The van der Waals surface area contributed by atoms with E-state index in [0.717, 1.165) is 22.8 Å². The molecular weight excluding hydrogens is 366 g/mol. The quantitative estimate of drug-likeness (QED) is 0.480. The second-order valence-electron chi connectivity index (χ2n) is 5.75. The molecule has 27 heavy (non-hydrogen) atoms. The maximum Gasteiger partial charge on any atom is 0.257 e. The van der Waals surface area contributed by atoms with Gasteiger partial charge in [0.1, 0.15) is 11.3 Å². The van der Waals surface area contributed by atoms with Crippen molar-refractivity contribution >= 4 is 34.7 Å². The third kappa shape index (κ3) is 5.75. The third-order valence-electron chi connectivity index (χ3n) is 3.53. The number of aromatic nitrogens is 1. The van der Waals surface area contributed by atoms with Gasteiger partial charge < -0.3 is 9.15 Å². The Morgan fingerprint density at radius 1 is 1.11 bits per heavy atom. The summed E-state index contributed by atoms with van der Waals surface area (Å²) < 4.78 is 11.0. The number of amides is 2. The first-order chi connectivity index (χ1) is 13.1. The van der Waals surface area contributed by atoms with Crippen LogP contribution in [0.1, 0.15) is 12.0 Å². The summed E-state index contributed by atoms with van der Waals surface area (Å²) in [7, 11) is 0. The number of fused-ring (bicyclic) bond motifs is 1. The van der Waals surface area contributed by atoms with Gasteiger partial charge in [-0.25, -0.2) is 4.98 Å². The molecule has 0 bridgehead atoms. The minimum Gasteiger partial charge on any atom is -0.493 e. The van der Waals surface area contributed by atoms with E-state index in [1.54, 1.807) is 0 Å². The van der Waals surface area contributed by atoms with E-state index in [0.29, 0.717) is 16.6 Å². The number of carbonyl (C=O) groups excluding carboxylic acids is 2. The highest BCUT2D eigenvalue weighted by Gasteiger charge is 2.10. The summed E-state index contributed by atoms with van der Waals surface area (Å²) >= 11 is 1.16. The van der Waals surface area contributed by atoms with Crippen LogP contribution in [0.2, 0.25) is 0 Å². The molecule has 0 radical (unpaired) electrons. The molecule has 0 saturated carbocycles. The monoisotopic (exact) mass is 385 g/mol. The fourth-order valence-corrected chi connectivity index (χ4v) is 2.88. The van der Waals surface area contributed by atoms with E-state index in [-0.39, 0.29) is 30.6 Å². The summed E-state index contributed by atoms with van der Waals surface area (Å²) in [6, 6.07) is 14.9. The minimum atomic E-state index is -0.352. The number of nitrogens with zero attached hydrogens (tertiary/aromatic N) is 1. The van der Waals surface area contributed by atoms with Crippen LogP contribution in [0, 0.1) is 6.92 Å². The molecular formula is C19H19N3O4S. The lowest BCUT2D eigenvalue weighted by Gasteiger charge is -2.08. The maximum atomic E-state index is 11.8. The first-order valence-electron chi connectivity index (χ1n) is 8.36. The van der Waals surface area contributed by atoms with Crippen molar-refractivity contribution in [3.63, 3.8) is 0 Å². The number of ether oxygens (including phenoxy) is 1. The zero-order valence-electron chi connectivity index (χ0n) is 14.7. The van der Waals surface area contributed by atoms with Gasteiger partial charge in [-0.15, -0.1) is 0 Å². The molecule has 3 aromatic rings. The highest BCUT2D eigenvalue weighted by molar-refractivity contribution is 7.99. The molecule has 140 valence electrons. The van der Waals surface area contributed by atoms with Crippen molar-refractivity contribution in [1.82, 2.24) is 15.8 Å². The molecule has 0 aliphatic rings. The Kier molecular flexibility index (Phi) is 6.32. The van der Waals surface area contributed by atoms with E-state index in [9.17, 15) is 9.59 Å². The van der Waals surface area contributed by atoms with Crippen LogP contribution in [-0.4, -0.2) is 29.2 Å². The Hall–Kier alpha value is -3.00. The molecule has 1 aromatic heterocycles. The van der Waals surface area contributed by atoms with E-state index >= 15 is 0 Å². The highest BCUT2D eigenvalue weighted by Crippen LogP contribution is 2.22. The van der Waals surface area contributed by atoms with Gasteiger partial charge in [-0.05, 0) is 36.8 Å². The molecule has 2 aromatic carbocycles. The summed E-state index contributed by atoms with van der Waals surface area (Å²) in [6.07, 6.45) is 0.131. The molecule has 1 heterocycles.